The molecular formula is C18H20BrN3O3S2. The molecule has 3 rings (SSSR count). The maximum Gasteiger partial charge on any atom is 0.316 e. The quantitative estimate of drug-likeness (QED) is 0.474. The number of carbonyl (C=O) groups is 1. The Balaban J connectivity index is 1.42. The van der Waals surface area contributed by atoms with E-state index in [9.17, 15) is 4.79 Å². The second-order valence-corrected chi connectivity index (χ2v) is 8.93. The van der Waals surface area contributed by atoms with E-state index in [1.807, 2.05) is 24.3 Å². The number of rotatable bonds is 5. The number of hydrogen-bond acceptors (Lipinski definition) is 7. The second kappa shape index (κ2) is 9.66. The molecule has 2 aromatic rings. The van der Waals surface area contributed by atoms with Gasteiger partial charge in [0.15, 0.2) is 6.61 Å². The fourth-order valence-electron chi connectivity index (χ4n) is 2.65. The fourth-order valence-corrected chi connectivity index (χ4v) is 4.09. The predicted molar refractivity (Wildman–Crippen MR) is 112 cm³/mol. The first-order valence-electron chi connectivity index (χ1n) is 8.67. The number of aromatic nitrogens is 2. The first-order valence-corrected chi connectivity index (χ1v) is 10.9. The Morgan fingerprint density at radius 1 is 1.44 bits per heavy atom. The highest BCUT2D eigenvalue weighted by Crippen LogP contribution is 2.21. The summed E-state index contributed by atoms with van der Waals surface area (Å²) in [6.45, 7) is 4.13. The van der Waals surface area contributed by atoms with Crippen LogP contribution < -0.4 is 0 Å². The smallest absolute Gasteiger partial charge is 0.316 e. The van der Waals surface area contributed by atoms with Gasteiger partial charge in [0, 0.05) is 23.1 Å². The molecule has 0 unspecified atom stereocenters. The Hall–Kier alpha value is -1.45. The number of nitrogens with zero attached hydrogens (tertiary/aromatic N) is 3. The number of carbonyl (C=O) groups excluding carboxylic acids is 1. The lowest BCUT2D eigenvalue weighted by atomic mass is 10.00. The van der Waals surface area contributed by atoms with Crippen molar-refractivity contribution >= 4 is 50.2 Å². The number of ether oxygens (including phenoxy) is 1. The number of piperidine rings is 1. The van der Waals surface area contributed by atoms with Crippen molar-refractivity contribution in [1.82, 2.24) is 15.0 Å². The third-order valence-electron chi connectivity index (χ3n) is 4.26. The molecule has 1 saturated heterocycles. The number of benzene rings is 1. The molecule has 0 radical (unpaired) electrons. The first kappa shape index (κ1) is 20.3. The monoisotopic (exact) mass is 469 g/mol. The first-order chi connectivity index (χ1) is 13.0. The van der Waals surface area contributed by atoms with Gasteiger partial charge in [-0.3, -0.25) is 4.79 Å². The van der Waals surface area contributed by atoms with Crippen LogP contribution in [0.4, 0.5) is 0 Å². The molecule has 9 heteroatoms. The zero-order chi connectivity index (χ0) is 19.2. The van der Waals surface area contributed by atoms with Crippen LogP contribution in [0.1, 0.15) is 25.7 Å². The standard InChI is InChI=1S/C18H20BrN3O3S2/c1-12-5-7-22(8-6-12)18(26)27-11-16(23)24-10-15-20-17(21-25-15)13-3-2-4-14(19)9-13/h2-4,9,12H,5-8,10-11H2,1H3. The van der Waals surface area contributed by atoms with Gasteiger partial charge in [-0.25, -0.2) is 0 Å². The van der Waals surface area contributed by atoms with Gasteiger partial charge in [0.05, 0.1) is 5.75 Å². The third-order valence-corrected chi connectivity index (χ3v) is 6.25. The van der Waals surface area contributed by atoms with Crippen LogP contribution in [0, 0.1) is 5.92 Å². The van der Waals surface area contributed by atoms with E-state index < -0.39 is 0 Å². The molecule has 144 valence electrons. The second-order valence-electron chi connectivity index (χ2n) is 6.41. The van der Waals surface area contributed by atoms with Crippen molar-refractivity contribution in [3.63, 3.8) is 0 Å². The summed E-state index contributed by atoms with van der Waals surface area (Å²) >= 11 is 10.2. The van der Waals surface area contributed by atoms with Crippen molar-refractivity contribution in [2.45, 2.75) is 26.4 Å². The minimum absolute atomic E-state index is 0.0472. The molecule has 1 aromatic carbocycles. The van der Waals surface area contributed by atoms with Crippen molar-refractivity contribution in [2.75, 3.05) is 18.8 Å². The zero-order valence-corrected chi connectivity index (χ0v) is 18.1. The molecule has 0 bridgehead atoms. The molecule has 1 aliphatic rings. The van der Waals surface area contributed by atoms with E-state index in [0.29, 0.717) is 5.82 Å². The van der Waals surface area contributed by atoms with E-state index in [1.54, 1.807) is 0 Å². The third kappa shape index (κ3) is 6.02. The number of thiocarbonyl (C=S) groups is 1. The molecule has 27 heavy (non-hydrogen) atoms. The molecule has 0 spiro atoms. The summed E-state index contributed by atoms with van der Waals surface area (Å²) < 4.78 is 12.0. The lowest BCUT2D eigenvalue weighted by Gasteiger charge is -2.31. The molecule has 6 nitrogen and oxygen atoms in total. The minimum atomic E-state index is -0.352. The van der Waals surface area contributed by atoms with Gasteiger partial charge in [0.1, 0.15) is 4.32 Å². The van der Waals surface area contributed by atoms with Crippen LogP contribution in [0.5, 0.6) is 0 Å². The van der Waals surface area contributed by atoms with E-state index in [-0.39, 0.29) is 24.2 Å². The largest absolute Gasteiger partial charge is 0.455 e. The number of halogens is 1. The highest BCUT2D eigenvalue weighted by molar-refractivity contribution is 9.10. The van der Waals surface area contributed by atoms with Crippen LogP contribution in [-0.2, 0) is 16.1 Å². The number of hydrogen-bond donors (Lipinski definition) is 0. The fraction of sp³-hybridized carbons (Fsp3) is 0.444. The Bertz CT molecular complexity index is 807. The van der Waals surface area contributed by atoms with Crippen LogP contribution >= 0.6 is 39.9 Å². The average Bonchev–Trinajstić information content (AvgIpc) is 3.14. The Kier molecular flexibility index (Phi) is 7.26. The van der Waals surface area contributed by atoms with Crippen molar-refractivity contribution < 1.29 is 14.1 Å². The lowest BCUT2D eigenvalue weighted by Crippen LogP contribution is -2.35. The van der Waals surface area contributed by atoms with Gasteiger partial charge in [-0.15, -0.1) is 0 Å². The van der Waals surface area contributed by atoms with Crippen molar-refractivity contribution in [3.05, 3.63) is 34.6 Å². The summed E-state index contributed by atoms with van der Waals surface area (Å²) in [6.07, 6.45) is 2.28. The van der Waals surface area contributed by atoms with Gasteiger partial charge in [-0.2, -0.15) is 4.98 Å². The average molecular weight is 470 g/mol. The van der Waals surface area contributed by atoms with Gasteiger partial charge in [0.2, 0.25) is 5.82 Å². The molecule has 1 aromatic heterocycles. The Labute approximate surface area is 176 Å². The van der Waals surface area contributed by atoms with Crippen LogP contribution in [-0.4, -0.2) is 44.2 Å². The Morgan fingerprint density at radius 2 is 2.22 bits per heavy atom. The number of likely N-dealkylation sites (tertiary alicyclic amines) is 1. The molecule has 1 aliphatic heterocycles. The molecule has 0 saturated carbocycles. The maximum absolute atomic E-state index is 12.0. The molecular weight excluding hydrogens is 450 g/mol. The molecule has 0 amide bonds. The van der Waals surface area contributed by atoms with E-state index in [1.165, 1.54) is 11.8 Å². The van der Waals surface area contributed by atoms with Crippen LogP contribution in [0.15, 0.2) is 33.3 Å². The Morgan fingerprint density at radius 3 is 2.96 bits per heavy atom. The van der Waals surface area contributed by atoms with E-state index in [0.717, 1.165) is 46.2 Å². The van der Waals surface area contributed by atoms with E-state index in [2.05, 4.69) is 37.9 Å². The number of esters is 1. The highest BCUT2D eigenvalue weighted by Gasteiger charge is 2.19. The maximum atomic E-state index is 12.0. The lowest BCUT2D eigenvalue weighted by molar-refractivity contribution is -0.142. The van der Waals surface area contributed by atoms with Gasteiger partial charge in [0.25, 0.3) is 5.89 Å². The molecule has 0 atom stereocenters. The van der Waals surface area contributed by atoms with Crippen LogP contribution in [0.3, 0.4) is 0 Å². The summed E-state index contributed by atoms with van der Waals surface area (Å²) in [5.74, 6) is 1.29. The van der Waals surface area contributed by atoms with Crippen LogP contribution in [0.25, 0.3) is 11.4 Å². The summed E-state index contributed by atoms with van der Waals surface area (Å²) in [5.41, 5.74) is 0.822. The van der Waals surface area contributed by atoms with Gasteiger partial charge >= 0.3 is 5.97 Å². The van der Waals surface area contributed by atoms with Crippen molar-refractivity contribution in [1.29, 1.82) is 0 Å². The minimum Gasteiger partial charge on any atom is -0.455 e. The zero-order valence-electron chi connectivity index (χ0n) is 14.9. The normalized spacial score (nSPS) is 15.0. The molecule has 0 aliphatic carbocycles. The summed E-state index contributed by atoms with van der Waals surface area (Å²) in [4.78, 5) is 18.4. The van der Waals surface area contributed by atoms with Crippen molar-refractivity contribution in [2.24, 2.45) is 5.92 Å². The van der Waals surface area contributed by atoms with Gasteiger partial charge in [-0.1, -0.05) is 64.1 Å². The SMILES string of the molecule is CC1CCN(C(=S)SCC(=O)OCc2nc(-c3cccc(Br)c3)no2)CC1. The topological polar surface area (TPSA) is 68.5 Å². The molecule has 0 N–H and O–H groups in total. The van der Waals surface area contributed by atoms with Gasteiger partial charge < -0.3 is 14.2 Å². The molecule has 2 heterocycles. The van der Waals surface area contributed by atoms with E-state index >= 15 is 0 Å². The van der Waals surface area contributed by atoms with E-state index in [4.69, 9.17) is 21.5 Å². The summed E-state index contributed by atoms with van der Waals surface area (Å²) in [6, 6.07) is 7.57. The highest BCUT2D eigenvalue weighted by atomic mass is 79.9. The summed E-state index contributed by atoms with van der Waals surface area (Å²) in [5, 5.41) is 3.92. The van der Waals surface area contributed by atoms with Gasteiger partial charge in [-0.05, 0) is 30.9 Å². The number of thioether (sulfide) groups is 1. The molecule has 1 fully saturated rings. The van der Waals surface area contributed by atoms with Crippen LogP contribution in [0.2, 0.25) is 0 Å². The van der Waals surface area contributed by atoms with Crippen molar-refractivity contribution in [3.8, 4) is 11.4 Å². The summed E-state index contributed by atoms with van der Waals surface area (Å²) in [7, 11) is 0. The predicted octanol–water partition coefficient (Wildman–Crippen LogP) is 4.29.